The first-order chi connectivity index (χ1) is 8.79. The molecule has 0 heterocycles. The van der Waals surface area contributed by atoms with Crippen molar-refractivity contribution in [3.8, 4) is 5.75 Å². The number of alkyl halides is 3. The SMILES string of the molecule is COc1ccc(Br)c(C(=O)NC2(C(F)(F)F)CC2)c1. The smallest absolute Gasteiger partial charge is 0.411 e. The number of ether oxygens (including phenoxy) is 1. The number of rotatable bonds is 3. The number of halogens is 4. The highest BCUT2D eigenvalue weighted by molar-refractivity contribution is 9.10. The maximum atomic E-state index is 12.8. The van der Waals surface area contributed by atoms with E-state index in [1.54, 1.807) is 12.1 Å². The van der Waals surface area contributed by atoms with E-state index in [-0.39, 0.29) is 18.4 Å². The number of hydrogen-bond acceptors (Lipinski definition) is 2. The standard InChI is InChI=1S/C12H11BrF3NO2/c1-19-7-2-3-9(13)8(6-7)10(18)17-11(4-5-11)12(14,15)16/h2-3,6H,4-5H2,1H3,(H,17,18). The Bertz CT molecular complexity index is 512. The summed E-state index contributed by atoms with van der Waals surface area (Å²) in [5.74, 6) is -0.356. The van der Waals surface area contributed by atoms with Gasteiger partial charge in [0.25, 0.3) is 5.91 Å². The average molecular weight is 338 g/mol. The van der Waals surface area contributed by atoms with Crippen LogP contribution < -0.4 is 10.1 Å². The summed E-state index contributed by atoms with van der Waals surface area (Å²) in [6.07, 6.45) is -4.58. The van der Waals surface area contributed by atoms with Crippen molar-refractivity contribution in [2.45, 2.75) is 24.6 Å². The molecule has 1 aliphatic rings. The maximum absolute atomic E-state index is 12.8. The largest absolute Gasteiger partial charge is 0.497 e. The Morgan fingerprint density at radius 3 is 2.53 bits per heavy atom. The van der Waals surface area contributed by atoms with Crippen LogP contribution in [0.4, 0.5) is 13.2 Å². The van der Waals surface area contributed by atoms with Crippen LogP contribution in [0.2, 0.25) is 0 Å². The van der Waals surface area contributed by atoms with Gasteiger partial charge in [-0.1, -0.05) is 0 Å². The van der Waals surface area contributed by atoms with Crippen molar-refractivity contribution in [1.82, 2.24) is 5.32 Å². The van der Waals surface area contributed by atoms with Gasteiger partial charge in [-0.3, -0.25) is 4.79 Å². The Labute approximate surface area is 116 Å². The van der Waals surface area contributed by atoms with Crippen molar-refractivity contribution >= 4 is 21.8 Å². The van der Waals surface area contributed by atoms with E-state index in [2.05, 4.69) is 21.2 Å². The molecular formula is C12H11BrF3NO2. The first kappa shape index (κ1) is 14.2. The van der Waals surface area contributed by atoms with Crippen LogP contribution in [0.25, 0.3) is 0 Å². The van der Waals surface area contributed by atoms with E-state index >= 15 is 0 Å². The van der Waals surface area contributed by atoms with Crippen molar-refractivity contribution < 1.29 is 22.7 Å². The fourth-order valence-corrected chi connectivity index (χ4v) is 2.12. The predicted molar refractivity (Wildman–Crippen MR) is 66.2 cm³/mol. The molecule has 1 amide bonds. The second-order valence-electron chi connectivity index (χ2n) is 4.38. The highest BCUT2D eigenvalue weighted by Gasteiger charge is 2.64. The summed E-state index contributed by atoms with van der Waals surface area (Å²) < 4.78 is 43.7. The zero-order valence-corrected chi connectivity index (χ0v) is 11.6. The fraction of sp³-hybridized carbons (Fsp3) is 0.417. The third-order valence-electron chi connectivity index (χ3n) is 3.06. The van der Waals surface area contributed by atoms with Gasteiger partial charge in [-0.15, -0.1) is 0 Å². The van der Waals surface area contributed by atoms with E-state index in [0.717, 1.165) is 0 Å². The van der Waals surface area contributed by atoms with Crippen LogP contribution in [0.15, 0.2) is 22.7 Å². The molecule has 1 aromatic carbocycles. The van der Waals surface area contributed by atoms with Gasteiger partial charge in [0.2, 0.25) is 0 Å². The first-order valence-corrected chi connectivity index (χ1v) is 6.31. The van der Waals surface area contributed by atoms with E-state index in [4.69, 9.17) is 4.74 Å². The normalized spacial score (nSPS) is 16.9. The van der Waals surface area contributed by atoms with Gasteiger partial charge in [0.1, 0.15) is 11.3 Å². The molecular weight excluding hydrogens is 327 g/mol. The predicted octanol–water partition coefficient (Wildman–Crippen LogP) is 3.28. The molecule has 1 saturated carbocycles. The van der Waals surface area contributed by atoms with Gasteiger partial charge < -0.3 is 10.1 Å². The number of amides is 1. The van der Waals surface area contributed by atoms with Gasteiger partial charge in [-0.05, 0) is 47.0 Å². The number of nitrogens with one attached hydrogen (secondary N) is 1. The van der Waals surface area contributed by atoms with Gasteiger partial charge in [-0.25, -0.2) is 0 Å². The summed E-state index contributed by atoms with van der Waals surface area (Å²) in [5.41, 5.74) is -1.94. The molecule has 0 atom stereocenters. The van der Waals surface area contributed by atoms with E-state index in [1.807, 2.05) is 0 Å². The van der Waals surface area contributed by atoms with Crippen LogP contribution in [-0.4, -0.2) is 24.7 Å². The minimum Gasteiger partial charge on any atom is -0.497 e. The molecule has 0 spiro atoms. The van der Waals surface area contributed by atoms with Crippen molar-refractivity contribution in [3.63, 3.8) is 0 Å². The van der Waals surface area contributed by atoms with Crippen molar-refractivity contribution in [3.05, 3.63) is 28.2 Å². The van der Waals surface area contributed by atoms with Crippen LogP contribution in [0.1, 0.15) is 23.2 Å². The minimum absolute atomic E-state index is 0.0795. The summed E-state index contributed by atoms with van der Waals surface area (Å²) >= 11 is 3.14. The highest BCUT2D eigenvalue weighted by atomic mass is 79.9. The van der Waals surface area contributed by atoms with Crippen molar-refractivity contribution in [2.75, 3.05) is 7.11 Å². The molecule has 7 heteroatoms. The van der Waals surface area contributed by atoms with E-state index in [9.17, 15) is 18.0 Å². The van der Waals surface area contributed by atoms with Crippen molar-refractivity contribution in [1.29, 1.82) is 0 Å². The Morgan fingerprint density at radius 1 is 1.42 bits per heavy atom. The second-order valence-corrected chi connectivity index (χ2v) is 5.23. The molecule has 1 N–H and O–H groups in total. The molecule has 0 unspecified atom stereocenters. The molecule has 0 aromatic heterocycles. The molecule has 2 rings (SSSR count). The quantitative estimate of drug-likeness (QED) is 0.919. The number of carbonyl (C=O) groups excluding carboxylic acids is 1. The molecule has 0 saturated heterocycles. The number of benzene rings is 1. The molecule has 0 radical (unpaired) electrons. The van der Waals surface area contributed by atoms with Crippen LogP contribution in [0.5, 0.6) is 5.75 Å². The zero-order chi connectivity index (χ0) is 14.3. The summed E-state index contributed by atoms with van der Waals surface area (Å²) in [6, 6.07) is 4.56. The van der Waals surface area contributed by atoms with Gasteiger partial charge >= 0.3 is 6.18 Å². The molecule has 0 bridgehead atoms. The summed E-state index contributed by atoms with van der Waals surface area (Å²) in [4.78, 5) is 11.9. The highest BCUT2D eigenvalue weighted by Crippen LogP contribution is 2.49. The monoisotopic (exact) mass is 337 g/mol. The Balaban J connectivity index is 2.22. The molecule has 19 heavy (non-hydrogen) atoms. The molecule has 104 valence electrons. The molecule has 3 nitrogen and oxygen atoms in total. The summed E-state index contributed by atoms with van der Waals surface area (Å²) in [7, 11) is 1.42. The van der Waals surface area contributed by atoms with Crippen molar-refractivity contribution in [2.24, 2.45) is 0 Å². The third kappa shape index (κ3) is 2.70. The van der Waals surface area contributed by atoms with Gasteiger partial charge in [0, 0.05) is 4.47 Å². The molecule has 1 fully saturated rings. The van der Waals surface area contributed by atoms with Crippen LogP contribution in [0, 0.1) is 0 Å². The lowest BCUT2D eigenvalue weighted by molar-refractivity contribution is -0.163. The number of carbonyl (C=O) groups is 1. The lowest BCUT2D eigenvalue weighted by Crippen LogP contribution is -2.47. The van der Waals surface area contributed by atoms with E-state index in [1.165, 1.54) is 13.2 Å². The summed E-state index contributed by atoms with van der Waals surface area (Å²) in [5, 5.41) is 2.07. The topological polar surface area (TPSA) is 38.3 Å². The second kappa shape index (κ2) is 4.70. The van der Waals surface area contributed by atoms with Crippen LogP contribution >= 0.6 is 15.9 Å². The summed E-state index contributed by atoms with van der Waals surface area (Å²) in [6.45, 7) is 0. The maximum Gasteiger partial charge on any atom is 0.411 e. The molecule has 1 aromatic rings. The van der Waals surface area contributed by atoms with E-state index < -0.39 is 17.6 Å². The average Bonchev–Trinajstić information content (AvgIpc) is 3.10. The van der Waals surface area contributed by atoms with Gasteiger partial charge in [0.05, 0.1) is 12.7 Å². The first-order valence-electron chi connectivity index (χ1n) is 5.52. The minimum atomic E-state index is -4.42. The molecule has 1 aliphatic carbocycles. The number of hydrogen-bond donors (Lipinski definition) is 1. The zero-order valence-electron chi connectivity index (χ0n) is 9.97. The lowest BCUT2D eigenvalue weighted by atomic mass is 10.1. The van der Waals surface area contributed by atoms with Crippen LogP contribution in [-0.2, 0) is 0 Å². The van der Waals surface area contributed by atoms with Gasteiger partial charge in [-0.2, -0.15) is 13.2 Å². The Kier molecular flexibility index (Phi) is 3.51. The van der Waals surface area contributed by atoms with Crippen LogP contribution in [0.3, 0.4) is 0 Å². The fourth-order valence-electron chi connectivity index (χ4n) is 1.69. The lowest BCUT2D eigenvalue weighted by Gasteiger charge is -2.21. The molecule has 0 aliphatic heterocycles. The van der Waals surface area contributed by atoms with Gasteiger partial charge in [0.15, 0.2) is 0 Å². The number of methoxy groups -OCH3 is 1. The third-order valence-corrected chi connectivity index (χ3v) is 3.76. The van der Waals surface area contributed by atoms with E-state index in [0.29, 0.717) is 10.2 Å². The Hall–Kier alpha value is -1.24. The Morgan fingerprint density at radius 2 is 2.05 bits per heavy atom.